The van der Waals surface area contributed by atoms with Crippen molar-refractivity contribution in [1.82, 2.24) is 0 Å². The van der Waals surface area contributed by atoms with Crippen molar-refractivity contribution < 1.29 is 18.7 Å². The van der Waals surface area contributed by atoms with Gasteiger partial charge < -0.3 is 9.47 Å². The fourth-order valence-electron chi connectivity index (χ4n) is 1.87. The molecule has 0 aliphatic rings. The molecular weight excluding hydrogens is 271 g/mol. The van der Waals surface area contributed by atoms with E-state index >= 15 is 0 Å². The number of methoxy groups -OCH3 is 2. The van der Waals surface area contributed by atoms with Crippen LogP contribution in [-0.2, 0) is 0 Å². The number of benzene rings is 2. The quantitative estimate of drug-likeness (QED) is 0.620. The number of carbonyl (C=O) groups is 1. The molecule has 0 amide bonds. The van der Waals surface area contributed by atoms with Gasteiger partial charge in [-0.1, -0.05) is 12.1 Å². The van der Waals surface area contributed by atoms with Crippen molar-refractivity contribution in [1.29, 1.82) is 0 Å². The summed E-state index contributed by atoms with van der Waals surface area (Å²) in [6.07, 6.45) is 2.91. The number of halogens is 1. The molecule has 0 fully saturated rings. The Morgan fingerprint density at radius 1 is 1.10 bits per heavy atom. The molecule has 0 atom stereocenters. The molecule has 2 aromatic carbocycles. The SMILES string of the molecule is COc1ccc(/C=C/C(=O)c2ccccc2F)c(OC)c1. The van der Waals surface area contributed by atoms with E-state index in [2.05, 4.69) is 0 Å². The molecule has 4 heteroatoms. The summed E-state index contributed by atoms with van der Waals surface area (Å²) < 4.78 is 23.8. The fraction of sp³-hybridized carbons (Fsp3) is 0.118. The maximum absolute atomic E-state index is 13.5. The van der Waals surface area contributed by atoms with E-state index in [0.29, 0.717) is 17.1 Å². The van der Waals surface area contributed by atoms with Crippen LogP contribution in [0.25, 0.3) is 6.08 Å². The highest BCUT2D eigenvalue weighted by Crippen LogP contribution is 2.25. The molecule has 108 valence electrons. The summed E-state index contributed by atoms with van der Waals surface area (Å²) >= 11 is 0. The van der Waals surface area contributed by atoms with Crippen LogP contribution in [0.3, 0.4) is 0 Å². The molecule has 0 saturated carbocycles. The predicted molar refractivity (Wildman–Crippen MR) is 79.3 cm³/mol. The maximum atomic E-state index is 13.5. The third kappa shape index (κ3) is 3.48. The van der Waals surface area contributed by atoms with Crippen LogP contribution < -0.4 is 9.47 Å². The molecule has 0 saturated heterocycles. The van der Waals surface area contributed by atoms with Crippen molar-refractivity contribution in [2.24, 2.45) is 0 Å². The van der Waals surface area contributed by atoms with Crippen molar-refractivity contribution >= 4 is 11.9 Å². The average molecular weight is 286 g/mol. The van der Waals surface area contributed by atoms with Gasteiger partial charge in [-0.15, -0.1) is 0 Å². The zero-order valence-corrected chi connectivity index (χ0v) is 11.8. The second-order valence-electron chi connectivity index (χ2n) is 4.29. The monoisotopic (exact) mass is 286 g/mol. The average Bonchev–Trinajstić information content (AvgIpc) is 2.52. The zero-order valence-electron chi connectivity index (χ0n) is 11.8. The van der Waals surface area contributed by atoms with Gasteiger partial charge in [-0.2, -0.15) is 0 Å². The number of carbonyl (C=O) groups excluding carboxylic acids is 1. The van der Waals surface area contributed by atoms with Gasteiger partial charge in [-0.3, -0.25) is 4.79 Å². The molecule has 0 radical (unpaired) electrons. The lowest BCUT2D eigenvalue weighted by atomic mass is 10.1. The molecule has 0 aliphatic carbocycles. The predicted octanol–water partition coefficient (Wildman–Crippen LogP) is 3.74. The maximum Gasteiger partial charge on any atom is 0.188 e. The van der Waals surface area contributed by atoms with Gasteiger partial charge in [0.05, 0.1) is 19.8 Å². The number of hydrogen-bond donors (Lipinski definition) is 0. The molecule has 0 unspecified atom stereocenters. The normalized spacial score (nSPS) is 10.6. The topological polar surface area (TPSA) is 35.5 Å². The summed E-state index contributed by atoms with van der Waals surface area (Å²) in [5.74, 6) is 0.302. The minimum Gasteiger partial charge on any atom is -0.497 e. The smallest absolute Gasteiger partial charge is 0.188 e. The van der Waals surface area contributed by atoms with E-state index in [0.717, 1.165) is 0 Å². The Hall–Kier alpha value is -2.62. The molecule has 0 heterocycles. The Morgan fingerprint density at radius 2 is 1.86 bits per heavy atom. The van der Waals surface area contributed by atoms with Crippen molar-refractivity contribution in [3.8, 4) is 11.5 Å². The van der Waals surface area contributed by atoms with Crippen LogP contribution in [0.5, 0.6) is 11.5 Å². The Labute approximate surface area is 122 Å². The first kappa shape index (κ1) is 14.8. The summed E-state index contributed by atoms with van der Waals surface area (Å²) in [5, 5.41) is 0. The Bertz CT molecular complexity index is 677. The second kappa shape index (κ2) is 6.70. The molecule has 2 aromatic rings. The summed E-state index contributed by atoms with van der Waals surface area (Å²) in [6.45, 7) is 0. The minimum atomic E-state index is -0.533. The lowest BCUT2D eigenvalue weighted by molar-refractivity contribution is 0.104. The van der Waals surface area contributed by atoms with Crippen molar-refractivity contribution in [2.45, 2.75) is 0 Å². The number of rotatable bonds is 5. The minimum absolute atomic E-state index is 0.0428. The summed E-state index contributed by atoms with van der Waals surface area (Å²) in [4.78, 5) is 12.0. The standard InChI is InChI=1S/C17H15FO3/c1-20-13-9-7-12(17(11-13)21-2)8-10-16(19)14-5-3-4-6-15(14)18/h3-11H,1-2H3/b10-8+. The van der Waals surface area contributed by atoms with Crippen molar-refractivity contribution in [2.75, 3.05) is 14.2 Å². The van der Waals surface area contributed by atoms with Gasteiger partial charge in [-0.25, -0.2) is 4.39 Å². The molecule has 21 heavy (non-hydrogen) atoms. The van der Waals surface area contributed by atoms with Gasteiger partial charge in [0.2, 0.25) is 0 Å². The Kier molecular flexibility index (Phi) is 4.72. The Morgan fingerprint density at radius 3 is 2.52 bits per heavy atom. The molecule has 0 spiro atoms. The van der Waals surface area contributed by atoms with E-state index in [-0.39, 0.29) is 5.56 Å². The number of allylic oxidation sites excluding steroid dienone is 1. The largest absolute Gasteiger partial charge is 0.497 e. The molecule has 2 rings (SSSR count). The third-order valence-corrected chi connectivity index (χ3v) is 2.99. The van der Waals surface area contributed by atoms with E-state index in [1.54, 1.807) is 43.5 Å². The lowest BCUT2D eigenvalue weighted by Crippen LogP contribution is -1.98. The van der Waals surface area contributed by atoms with Gasteiger partial charge >= 0.3 is 0 Å². The Balaban J connectivity index is 2.25. The van der Waals surface area contributed by atoms with Crippen LogP contribution in [0.2, 0.25) is 0 Å². The van der Waals surface area contributed by atoms with Gasteiger partial charge in [-0.05, 0) is 36.4 Å². The highest BCUT2D eigenvalue weighted by atomic mass is 19.1. The first-order valence-corrected chi connectivity index (χ1v) is 6.34. The highest BCUT2D eigenvalue weighted by Gasteiger charge is 2.08. The van der Waals surface area contributed by atoms with Crippen LogP contribution in [0.15, 0.2) is 48.5 Å². The molecule has 0 aliphatic heterocycles. The van der Waals surface area contributed by atoms with Gasteiger partial charge in [0.25, 0.3) is 0 Å². The van der Waals surface area contributed by atoms with Crippen LogP contribution in [-0.4, -0.2) is 20.0 Å². The highest BCUT2D eigenvalue weighted by molar-refractivity contribution is 6.07. The molecule has 3 nitrogen and oxygen atoms in total. The van der Waals surface area contributed by atoms with E-state index in [1.165, 1.54) is 25.3 Å². The fourth-order valence-corrected chi connectivity index (χ4v) is 1.87. The van der Waals surface area contributed by atoms with Crippen molar-refractivity contribution in [3.63, 3.8) is 0 Å². The first-order chi connectivity index (χ1) is 10.2. The van der Waals surface area contributed by atoms with E-state index in [1.807, 2.05) is 0 Å². The summed E-state index contributed by atoms with van der Waals surface area (Å²) in [5.41, 5.74) is 0.754. The van der Waals surface area contributed by atoms with E-state index in [9.17, 15) is 9.18 Å². The van der Waals surface area contributed by atoms with Gasteiger partial charge in [0, 0.05) is 11.6 Å². The third-order valence-electron chi connectivity index (χ3n) is 2.99. The van der Waals surface area contributed by atoms with E-state index in [4.69, 9.17) is 9.47 Å². The number of ketones is 1. The molecule has 0 N–H and O–H groups in total. The molecular formula is C17H15FO3. The van der Waals surface area contributed by atoms with Crippen LogP contribution in [0.1, 0.15) is 15.9 Å². The number of hydrogen-bond acceptors (Lipinski definition) is 3. The van der Waals surface area contributed by atoms with Crippen LogP contribution in [0.4, 0.5) is 4.39 Å². The molecule has 0 bridgehead atoms. The molecule has 0 aromatic heterocycles. The second-order valence-corrected chi connectivity index (χ2v) is 4.29. The van der Waals surface area contributed by atoms with Crippen molar-refractivity contribution in [3.05, 3.63) is 65.5 Å². The first-order valence-electron chi connectivity index (χ1n) is 6.34. The van der Waals surface area contributed by atoms with Gasteiger partial charge in [0.15, 0.2) is 5.78 Å². The van der Waals surface area contributed by atoms with Crippen LogP contribution in [0, 0.1) is 5.82 Å². The van der Waals surface area contributed by atoms with Crippen LogP contribution >= 0.6 is 0 Å². The summed E-state index contributed by atoms with van der Waals surface area (Å²) in [7, 11) is 3.09. The zero-order chi connectivity index (χ0) is 15.2. The van der Waals surface area contributed by atoms with E-state index < -0.39 is 11.6 Å². The van der Waals surface area contributed by atoms with Gasteiger partial charge in [0.1, 0.15) is 17.3 Å². The lowest BCUT2D eigenvalue weighted by Gasteiger charge is -2.07. The summed E-state index contributed by atoms with van der Waals surface area (Å²) in [6, 6.07) is 11.1. The number of ether oxygens (including phenoxy) is 2.